The van der Waals surface area contributed by atoms with Gasteiger partial charge < -0.3 is 9.67 Å². The number of aromatic nitrogens is 1. The van der Waals surface area contributed by atoms with Crippen molar-refractivity contribution in [3.8, 4) is 5.75 Å². The number of thiazole rings is 1. The predicted molar refractivity (Wildman–Crippen MR) is 88.7 cm³/mol. The number of benzene rings is 2. The molecule has 0 saturated heterocycles. The summed E-state index contributed by atoms with van der Waals surface area (Å²) in [6.45, 7) is 0. The molecule has 0 fully saturated rings. The minimum atomic E-state index is -0.528. The second-order valence-corrected chi connectivity index (χ2v) is 5.77. The fraction of sp³-hybridized carbons (Fsp3) is 0.0667. The number of aryl methyl sites for hydroxylation is 1. The lowest BCUT2D eigenvalue weighted by Crippen LogP contribution is -2.08. The summed E-state index contributed by atoms with van der Waals surface area (Å²) in [5.41, 5.74) is 1.17. The Morgan fingerprint density at radius 1 is 1.30 bits per heavy atom. The molecule has 0 aliphatic carbocycles. The van der Waals surface area contributed by atoms with E-state index in [9.17, 15) is 15.2 Å². The van der Waals surface area contributed by atoms with Crippen LogP contribution in [0.4, 0.5) is 5.69 Å². The first-order valence-electron chi connectivity index (χ1n) is 6.65. The molecule has 0 aliphatic heterocycles. The third kappa shape index (κ3) is 2.97. The molecule has 0 radical (unpaired) electrons. The molecule has 0 saturated carbocycles. The summed E-state index contributed by atoms with van der Waals surface area (Å²) in [5, 5.41) is 28.5. The van der Waals surface area contributed by atoms with Gasteiger partial charge in [0.2, 0.25) is 4.80 Å². The van der Waals surface area contributed by atoms with Crippen molar-refractivity contribution < 1.29 is 10.0 Å². The monoisotopic (exact) mass is 328 g/mol. The van der Waals surface area contributed by atoms with Gasteiger partial charge in [-0.05, 0) is 18.2 Å². The summed E-state index contributed by atoms with van der Waals surface area (Å²) >= 11 is 1.48. The van der Waals surface area contributed by atoms with E-state index in [2.05, 4.69) is 10.2 Å². The van der Waals surface area contributed by atoms with Crippen molar-refractivity contribution in [2.75, 3.05) is 0 Å². The number of nitro groups is 1. The molecule has 0 bridgehead atoms. The number of fused-ring (bicyclic) bond motifs is 1. The van der Waals surface area contributed by atoms with Crippen molar-refractivity contribution in [3.63, 3.8) is 0 Å². The number of hydrogen-bond donors (Lipinski definition) is 1. The normalized spacial score (nSPS) is 12.3. The highest BCUT2D eigenvalue weighted by Gasteiger charge is 2.08. The summed E-state index contributed by atoms with van der Waals surface area (Å²) in [6.07, 6.45) is 1.30. The topological polar surface area (TPSA) is 93.0 Å². The number of hydrogen-bond acceptors (Lipinski definition) is 6. The van der Waals surface area contributed by atoms with Gasteiger partial charge in [0.15, 0.2) is 0 Å². The molecule has 1 heterocycles. The van der Waals surface area contributed by atoms with Crippen LogP contribution in [0.1, 0.15) is 5.56 Å². The molecule has 0 amide bonds. The van der Waals surface area contributed by atoms with Crippen molar-refractivity contribution in [1.29, 1.82) is 0 Å². The minimum Gasteiger partial charge on any atom is -0.507 e. The molecule has 1 aromatic heterocycles. The Labute approximate surface area is 134 Å². The molecule has 0 spiro atoms. The summed E-state index contributed by atoms with van der Waals surface area (Å²) in [7, 11) is 1.89. The van der Waals surface area contributed by atoms with Crippen molar-refractivity contribution in [3.05, 3.63) is 62.9 Å². The van der Waals surface area contributed by atoms with Gasteiger partial charge in [0, 0.05) is 24.7 Å². The zero-order valence-electron chi connectivity index (χ0n) is 12.1. The summed E-state index contributed by atoms with van der Waals surface area (Å²) in [6, 6.07) is 11.6. The maximum atomic E-state index is 10.8. The highest BCUT2D eigenvalue weighted by atomic mass is 32.1. The van der Waals surface area contributed by atoms with E-state index >= 15 is 0 Å². The first-order valence-corrected chi connectivity index (χ1v) is 7.47. The van der Waals surface area contributed by atoms with Crippen LogP contribution in [-0.2, 0) is 7.05 Å². The number of aromatic hydroxyl groups is 1. The molecule has 0 aliphatic rings. The van der Waals surface area contributed by atoms with E-state index in [1.165, 1.54) is 35.8 Å². The van der Waals surface area contributed by atoms with Crippen LogP contribution < -0.4 is 4.80 Å². The highest BCUT2D eigenvalue weighted by molar-refractivity contribution is 7.16. The van der Waals surface area contributed by atoms with E-state index in [0.29, 0.717) is 4.80 Å². The fourth-order valence-electron chi connectivity index (χ4n) is 2.08. The molecule has 0 unspecified atom stereocenters. The van der Waals surface area contributed by atoms with E-state index in [1.54, 1.807) is 0 Å². The maximum absolute atomic E-state index is 10.8. The average molecular weight is 328 g/mol. The zero-order chi connectivity index (χ0) is 16.4. The lowest BCUT2D eigenvalue weighted by Gasteiger charge is -1.97. The van der Waals surface area contributed by atoms with Crippen molar-refractivity contribution in [2.24, 2.45) is 17.3 Å². The highest BCUT2D eigenvalue weighted by Crippen LogP contribution is 2.21. The standard InChI is InChI=1S/C15H12N4O3S/c1-18-12-4-2-3-5-14(12)23-15(18)17-16-9-10-8-11(19(21)22)6-7-13(10)20/h2-9,20H,1H3. The number of nitrogens with zero attached hydrogens (tertiary/aromatic N) is 4. The third-order valence-electron chi connectivity index (χ3n) is 3.28. The van der Waals surface area contributed by atoms with Crippen molar-refractivity contribution >= 4 is 33.5 Å². The molecule has 0 atom stereocenters. The Hall–Kier alpha value is -3.00. The number of nitro benzene ring substituents is 1. The van der Waals surface area contributed by atoms with Gasteiger partial charge in [-0.1, -0.05) is 23.5 Å². The van der Waals surface area contributed by atoms with Gasteiger partial charge in [-0.3, -0.25) is 10.1 Å². The van der Waals surface area contributed by atoms with Crippen LogP contribution in [-0.4, -0.2) is 20.8 Å². The molecule has 2 aromatic carbocycles. The quantitative estimate of drug-likeness (QED) is 0.455. The molecule has 116 valence electrons. The second kappa shape index (κ2) is 6.01. The van der Waals surface area contributed by atoms with Crippen LogP contribution in [0.3, 0.4) is 0 Å². The number of phenolic OH excluding ortho intramolecular Hbond substituents is 1. The molecule has 8 heteroatoms. The molecule has 3 aromatic rings. The number of para-hydroxylation sites is 1. The van der Waals surface area contributed by atoms with Gasteiger partial charge in [-0.15, -0.1) is 5.10 Å². The van der Waals surface area contributed by atoms with Crippen LogP contribution in [0.5, 0.6) is 5.75 Å². The number of non-ortho nitro benzene ring substituents is 1. The Morgan fingerprint density at radius 3 is 2.83 bits per heavy atom. The van der Waals surface area contributed by atoms with Gasteiger partial charge in [-0.2, -0.15) is 5.10 Å². The molecular weight excluding hydrogens is 316 g/mol. The molecule has 7 nitrogen and oxygen atoms in total. The molecule has 23 heavy (non-hydrogen) atoms. The minimum absolute atomic E-state index is 0.0877. The van der Waals surface area contributed by atoms with Crippen LogP contribution in [0, 0.1) is 10.1 Å². The third-order valence-corrected chi connectivity index (χ3v) is 4.38. The Balaban J connectivity index is 1.98. The van der Waals surface area contributed by atoms with E-state index in [1.807, 2.05) is 35.9 Å². The van der Waals surface area contributed by atoms with Crippen LogP contribution >= 0.6 is 11.3 Å². The summed E-state index contributed by atoms with van der Waals surface area (Å²) < 4.78 is 2.99. The molecule has 3 rings (SSSR count). The fourth-order valence-corrected chi connectivity index (χ4v) is 3.05. The van der Waals surface area contributed by atoms with E-state index < -0.39 is 4.92 Å². The van der Waals surface area contributed by atoms with Crippen LogP contribution in [0.25, 0.3) is 10.2 Å². The smallest absolute Gasteiger partial charge is 0.270 e. The second-order valence-electron chi connectivity index (χ2n) is 4.76. The Morgan fingerprint density at radius 2 is 2.09 bits per heavy atom. The van der Waals surface area contributed by atoms with E-state index in [-0.39, 0.29) is 17.0 Å². The lowest BCUT2D eigenvalue weighted by molar-refractivity contribution is -0.384. The largest absolute Gasteiger partial charge is 0.507 e. The molecule has 1 N–H and O–H groups in total. The maximum Gasteiger partial charge on any atom is 0.270 e. The lowest BCUT2D eigenvalue weighted by atomic mass is 10.2. The van der Waals surface area contributed by atoms with Gasteiger partial charge in [0.25, 0.3) is 5.69 Å². The van der Waals surface area contributed by atoms with Gasteiger partial charge in [-0.25, -0.2) is 0 Å². The first-order chi connectivity index (χ1) is 11.1. The SMILES string of the molecule is Cn1c(=NN=Cc2cc([N+](=O)[O-])ccc2O)sc2ccccc21. The van der Waals surface area contributed by atoms with Gasteiger partial charge >= 0.3 is 0 Å². The predicted octanol–water partition coefficient (Wildman–Crippen LogP) is 2.79. The van der Waals surface area contributed by atoms with Gasteiger partial charge in [0.05, 0.1) is 21.4 Å². The first kappa shape index (κ1) is 14.9. The zero-order valence-corrected chi connectivity index (χ0v) is 12.9. The number of rotatable bonds is 3. The Bertz CT molecular complexity index is 988. The van der Waals surface area contributed by atoms with Crippen LogP contribution in [0.2, 0.25) is 0 Å². The number of phenols is 1. The van der Waals surface area contributed by atoms with E-state index in [4.69, 9.17) is 0 Å². The van der Waals surface area contributed by atoms with Crippen molar-refractivity contribution in [1.82, 2.24) is 4.57 Å². The summed E-state index contributed by atoms with van der Waals surface area (Å²) in [5.74, 6) is -0.0877. The summed E-state index contributed by atoms with van der Waals surface area (Å²) in [4.78, 5) is 10.9. The van der Waals surface area contributed by atoms with Crippen molar-refractivity contribution in [2.45, 2.75) is 0 Å². The van der Waals surface area contributed by atoms with E-state index in [0.717, 1.165) is 10.2 Å². The van der Waals surface area contributed by atoms with Crippen LogP contribution in [0.15, 0.2) is 52.7 Å². The molecular formula is C15H12N4O3S. The Kier molecular flexibility index (Phi) is 3.90. The average Bonchev–Trinajstić information content (AvgIpc) is 2.86. The van der Waals surface area contributed by atoms with Gasteiger partial charge in [0.1, 0.15) is 5.75 Å².